The van der Waals surface area contributed by atoms with E-state index in [0.717, 1.165) is 0 Å². The summed E-state index contributed by atoms with van der Waals surface area (Å²) in [6, 6.07) is 2.64. The van der Waals surface area contributed by atoms with Crippen molar-refractivity contribution in [3.05, 3.63) is 63.0 Å². The van der Waals surface area contributed by atoms with Crippen LogP contribution in [0.1, 0.15) is 42.9 Å². The van der Waals surface area contributed by atoms with Gasteiger partial charge in [-0.3, -0.25) is 19.5 Å². The molecule has 1 aromatic heterocycles. The molecule has 3 unspecified atom stereocenters. The predicted octanol–water partition coefficient (Wildman–Crippen LogP) is 3.39. The summed E-state index contributed by atoms with van der Waals surface area (Å²) in [7, 11) is 0. The van der Waals surface area contributed by atoms with E-state index in [4.69, 9.17) is 9.73 Å². The Morgan fingerprint density at radius 2 is 2.00 bits per heavy atom. The highest BCUT2D eigenvalue weighted by Gasteiger charge is 2.60. The minimum absolute atomic E-state index is 0.0381. The maximum atomic E-state index is 15.4. The first-order chi connectivity index (χ1) is 20.3. The van der Waals surface area contributed by atoms with Crippen LogP contribution in [0.2, 0.25) is 0 Å². The minimum Gasteiger partial charge on any atom is -0.480 e. The van der Waals surface area contributed by atoms with E-state index in [9.17, 15) is 23.9 Å². The number of halogens is 3. The number of amidine groups is 1. The van der Waals surface area contributed by atoms with Gasteiger partial charge in [-0.05, 0) is 44.9 Å². The number of esters is 1. The zero-order valence-corrected chi connectivity index (χ0v) is 24.9. The molecule has 230 valence electrons. The van der Waals surface area contributed by atoms with Gasteiger partial charge in [-0.1, -0.05) is 12.1 Å². The Bertz CT molecular complexity index is 1510. The number of benzene rings is 1. The number of aliphatic imine (C=N–C) groups is 1. The molecule has 3 atom stereocenters. The third-order valence-electron chi connectivity index (χ3n) is 8.29. The number of rotatable bonds is 8. The lowest BCUT2D eigenvalue weighted by atomic mass is 9.92. The zero-order chi connectivity index (χ0) is 31.3. The van der Waals surface area contributed by atoms with Crippen LogP contribution in [0.5, 0.6) is 0 Å². The maximum absolute atomic E-state index is 15.4. The summed E-state index contributed by atoms with van der Waals surface area (Å²) in [6.07, 6.45) is 1.57. The van der Waals surface area contributed by atoms with Gasteiger partial charge in [0.2, 0.25) is 5.91 Å². The lowest BCUT2D eigenvalue weighted by molar-refractivity contribution is -0.158. The molecule has 0 radical (unpaired) electrons. The minimum atomic E-state index is -3.18. The molecule has 43 heavy (non-hydrogen) atoms. The van der Waals surface area contributed by atoms with E-state index in [1.165, 1.54) is 47.1 Å². The second-order valence-corrected chi connectivity index (χ2v) is 12.3. The number of carbonyl (C=O) groups is 3. The number of aromatic nitrogens is 1. The molecule has 3 aliphatic heterocycles. The fourth-order valence-corrected chi connectivity index (χ4v) is 6.46. The Morgan fingerprint density at radius 3 is 2.65 bits per heavy atom. The van der Waals surface area contributed by atoms with E-state index in [-0.39, 0.29) is 43.1 Å². The fourth-order valence-electron chi connectivity index (χ4n) is 5.87. The van der Waals surface area contributed by atoms with Gasteiger partial charge in [0.1, 0.15) is 17.3 Å². The van der Waals surface area contributed by atoms with Crippen molar-refractivity contribution in [3.8, 4) is 0 Å². The van der Waals surface area contributed by atoms with E-state index in [2.05, 4.69) is 10.3 Å². The van der Waals surface area contributed by atoms with Crippen molar-refractivity contribution >= 4 is 35.0 Å². The number of carbonyl (C=O) groups excluding carboxylic acids is 2. The number of nitrogens with zero attached hydrogens (tertiary/aromatic N) is 4. The predicted molar refractivity (Wildman–Crippen MR) is 151 cm³/mol. The number of ether oxygens (including phenoxy) is 1. The Balaban J connectivity index is 1.55. The number of carboxylic acid groups (broad SMARTS) is 1. The van der Waals surface area contributed by atoms with Crippen LogP contribution < -0.4 is 5.32 Å². The highest BCUT2D eigenvalue weighted by Crippen LogP contribution is 2.44. The molecule has 0 aliphatic carbocycles. The molecule has 2 aromatic rings. The number of likely N-dealkylation sites (tertiary alicyclic amines) is 2. The summed E-state index contributed by atoms with van der Waals surface area (Å²) in [5.74, 6) is -7.43. The molecule has 2 fully saturated rings. The third-order valence-corrected chi connectivity index (χ3v) is 9.07. The number of aliphatic carboxylic acids is 1. The Labute approximate surface area is 250 Å². The molecule has 2 saturated heterocycles. The number of hydrogen-bond donors (Lipinski definition) is 2. The molecule has 14 heteroatoms. The number of hydrogen-bond acceptors (Lipinski definition) is 9. The smallest absolute Gasteiger partial charge is 0.338 e. The Kier molecular flexibility index (Phi) is 8.11. The number of carboxylic acids is 1. The summed E-state index contributed by atoms with van der Waals surface area (Å²) in [5, 5.41) is 14.9. The van der Waals surface area contributed by atoms with E-state index < -0.39 is 59.5 Å². The van der Waals surface area contributed by atoms with E-state index >= 15 is 8.78 Å². The quantitative estimate of drug-likeness (QED) is 0.341. The van der Waals surface area contributed by atoms with Crippen molar-refractivity contribution in [2.45, 2.75) is 45.7 Å². The summed E-state index contributed by atoms with van der Waals surface area (Å²) in [6.45, 7) is 4.55. The van der Waals surface area contributed by atoms with Crippen LogP contribution in [0, 0.1) is 24.1 Å². The fraction of sp³-hybridized carbons (Fsp3) is 0.483. The van der Waals surface area contributed by atoms with Crippen LogP contribution in [-0.2, 0) is 19.1 Å². The summed E-state index contributed by atoms with van der Waals surface area (Å²) < 4.78 is 50.9. The summed E-state index contributed by atoms with van der Waals surface area (Å²) in [5.41, 5.74) is -0.788. The number of nitrogens with one attached hydrogen (secondary N) is 1. The number of fused-ring (bicyclic) bond motifs is 1. The average Bonchev–Trinajstić information content (AvgIpc) is 3.68. The monoisotopic (exact) mass is 619 g/mol. The Hall–Kier alpha value is -3.78. The van der Waals surface area contributed by atoms with Crippen LogP contribution in [0.3, 0.4) is 0 Å². The van der Waals surface area contributed by atoms with Crippen LogP contribution in [0.4, 0.5) is 13.2 Å². The van der Waals surface area contributed by atoms with Gasteiger partial charge in [-0.2, -0.15) is 0 Å². The number of thiazole rings is 1. The maximum Gasteiger partial charge on any atom is 0.338 e. The first kappa shape index (κ1) is 30.7. The largest absolute Gasteiger partial charge is 0.480 e. The van der Waals surface area contributed by atoms with Crippen molar-refractivity contribution < 1.29 is 37.4 Å². The van der Waals surface area contributed by atoms with Crippen LogP contribution >= 0.6 is 11.3 Å². The molecule has 1 aromatic carbocycles. The second-order valence-electron chi connectivity index (χ2n) is 11.4. The van der Waals surface area contributed by atoms with E-state index in [1.54, 1.807) is 31.5 Å². The summed E-state index contributed by atoms with van der Waals surface area (Å²) >= 11 is 1.28. The molecule has 2 N–H and O–H groups in total. The molecular weight excluding hydrogens is 587 g/mol. The summed E-state index contributed by atoms with van der Waals surface area (Å²) in [4.78, 5) is 49.9. The molecule has 4 heterocycles. The van der Waals surface area contributed by atoms with Gasteiger partial charge in [0.25, 0.3) is 5.92 Å². The van der Waals surface area contributed by atoms with Crippen LogP contribution in [0.25, 0.3) is 0 Å². The normalized spacial score (nSPS) is 23.6. The van der Waals surface area contributed by atoms with Crippen molar-refractivity contribution in [1.29, 1.82) is 0 Å². The first-order valence-corrected chi connectivity index (χ1v) is 14.7. The molecule has 10 nitrogen and oxygen atoms in total. The standard InChI is InChI=1S/C29H32F3N5O5S/c1-5-42-25(38)21-19(34-23(24-33-9-10-43-24)35-22(21)16-7-6-8-18(30)15(16)2)12-37-14-29(31,32)17-11-36(13-20(17)37)26(39)28(3,4)27(40)41/h6-10,17,20,22H,5,11-14H2,1-4H3,(H,34,35)(H,40,41). The molecule has 0 spiro atoms. The lowest BCUT2D eigenvalue weighted by Crippen LogP contribution is -2.47. The zero-order valence-electron chi connectivity index (χ0n) is 24.1. The number of amides is 1. The molecule has 1 amide bonds. The van der Waals surface area contributed by atoms with Gasteiger partial charge >= 0.3 is 11.9 Å². The molecule has 3 aliphatic rings. The molecular formula is C29H32F3N5O5S. The van der Waals surface area contributed by atoms with Crippen molar-refractivity contribution in [2.75, 3.05) is 32.8 Å². The van der Waals surface area contributed by atoms with Crippen molar-refractivity contribution in [3.63, 3.8) is 0 Å². The number of alkyl halides is 2. The van der Waals surface area contributed by atoms with Gasteiger partial charge in [0.05, 0.1) is 24.6 Å². The second kappa shape index (κ2) is 11.4. The first-order valence-electron chi connectivity index (χ1n) is 13.8. The topological polar surface area (TPSA) is 124 Å². The van der Waals surface area contributed by atoms with Gasteiger partial charge in [-0.15, -0.1) is 11.3 Å². The SMILES string of the molecule is CCOC(=O)C1=C(CN2CC(F)(F)C3CN(C(=O)C(C)(C)C(=O)O)CC32)NC(c2nccs2)=NC1c1cccc(F)c1C. The van der Waals surface area contributed by atoms with E-state index in [1.807, 2.05) is 0 Å². The highest BCUT2D eigenvalue weighted by atomic mass is 32.1. The van der Waals surface area contributed by atoms with E-state index in [0.29, 0.717) is 16.4 Å². The average molecular weight is 620 g/mol. The van der Waals surface area contributed by atoms with Gasteiger partial charge in [0, 0.05) is 43.0 Å². The molecule has 0 saturated carbocycles. The lowest BCUT2D eigenvalue weighted by Gasteiger charge is -2.32. The van der Waals surface area contributed by atoms with Crippen molar-refractivity contribution in [2.24, 2.45) is 16.3 Å². The van der Waals surface area contributed by atoms with Gasteiger partial charge in [-0.25, -0.2) is 22.9 Å². The third kappa shape index (κ3) is 5.53. The highest BCUT2D eigenvalue weighted by molar-refractivity contribution is 7.11. The van der Waals surface area contributed by atoms with Crippen LogP contribution in [-0.4, -0.2) is 88.3 Å². The van der Waals surface area contributed by atoms with Crippen molar-refractivity contribution in [1.82, 2.24) is 20.1 Å². The van der Waals surface area contributed by atoms with Crippen LogP contribution in [0.15, 0.2) is 46.0 Å². The Morgan fingerprint density at radius 1 is 1.26 bits per heavy atom. The van der Waals surface area contributed by atoms with Gasteiger partial charge < -0.3 is 20.1 Å². The molecule has 0 bridgehead atoms. The van der Waals surface area contributed by atoms with Gasteiger partial charge in [0.15, 0.2) is 10.8 Å². The molecule has 5 rings (SSSR count).